The van der Waals surface area contributed by atoms with Gasteiger partial charge in [-0.15, -0.1) is 0 Å². The third-order valence-electron chi connectivity index (χ3n) is 4.56. The van der Waals surface area contributed by atoms with Gasteiger partial charge in [0.05, 0.1) is 17.1 Å². The molecule has 6 heteroatoms. The highest BCUT2D eigenvalue weighted by Crippen LogP contribution is 2.18. The minimum absolute atomic E-state index is 0.150. The molecule has 0 aliphatic rings. The van der Waals surface area contributed by atoms with Gasteiger partial charge in [-0.1, -0.05) is 24.3 Å². The summed E-state index contributed by atoms with van der Waals surface area (Å²) in [4.78, 5) is 38.9. The minimum Gasteiger partial charge on any atom is -0.346 e. The maximum Gasteiger partial charge on any atom is 0.316 e. The summed E-state index contributed by atoms with van der Waals surface area (Å²) < 4.78 is 1.39. The molecule has 0 fully saturated rings. The van der Waals surface area contributed by atoms with Gasteiger partial charge in [0.1, 0.15) is 0 Å². The number of nitrogens with zero attached hydrogens (tertiary/aromatic N) is 1. The third-order valence-corrected chi connectivity index (χ3v) is 4.56. The molecule has 6 nitrogen and oxygen atoms in total. The molecule has 134 valence electrons. The number of hydrogen-bond donors (Lipinski definition) is 2. The molecule has 1 heterocycles. The van der Waals surface area contributed by atoms with Crippen LogP contribution < -0.4 is 16.4 Å². The fraction of sp³-hybridized carbons (Fsp3) is 0.250. The monoisotopic (exact) mass is 351 g/mol. The van der Waals surface area contributed by atoms with Gasteiger partial charge in [0, 0.05) is 12.1 Å². The van der Waals surface area contributed by atoms with Gasteiger partial charge in [0.2, 0.25) is 0 Å². The first kappa shape index (κ1) is 17.7. The zero-order chi connectivity index (χ0) is 18.8. The average molecular weight is 351 g/mol. The Hall–Kier alpha value is -3.15. The first-order chi connectivity index (χ1) is 12.4. The highest BCUT2D eigenvalue weighted by molar-refractivity contribution is 5.97. The number of aromatic amines is 1. The number of benzene rings is 2. The number of carbonyl (C=O) groups is 1. The smallest absolute Gasteiger partial charge is 0.316 e. The van der Waals surface area contributed by atoms with E-state index in [2.05, 4.69) is 10.3 Å². The lowest BCUT2D eigenvalue weighted by molar-refractivity contribution is 0.0940. The summed E-state index contributed by atoms with van der Waals surface area (Å²) in [6, 6.07) is 12.7. The SMILES string of the molecule is CCn1c(=O)c(=O)[nH]c2cc(C(=O)NC(C)c3ccccc3C)ccc21. The van der Waals surface area contributed by atoms with Crippen molar-refractivity contribution in [2.75, 3.05) is 0 Å². The maximum atomic E-state index is 12.6. The molecule has 3 rings (SSSR count). The van der Waals surface area contributed by atoms with Gasteiger partial charge in [-0.2, -0.15) is 0 Å². The van der Waals surface area contributed by atoms with Crippen LogP contribution in [0.3, 0.4) is 0 Å². The van der Waals surface area contributed by atoms with E-state index in [-0.39, 0.29) is 11.9 Å². The molecule has 1 atom stereocenters. The van der Waals surface area contributed by atoms with Crippen molar-refractivity contribution >= 4 is 16.9 Å². The molecule has 0 spiro atoms. The number of fused-ring (bicyclic) bond motifs is 1. The van der Waals surface area contributed by atoms with Crippen molar-refractivity contribution in [1.82, 2.24) is 14.9 Å². The summed E-state index contributed by atoms with van der Waals surface area (Å²) in [7, 11) is 0. The van der Waals surface area contributed by atoms with Crippen molar-refractivity contribution in [2.24, 2.45) is 0 Å². The number of amides is 1. The molecular weight excluding hydrogens is 330 g/mol. The first-order valence-corrected chi connectivity index (χ1v) is 8.55. The molecule has 0 bridgehead atoms. The van der Waals surface area contributed by atoms with E-state index in [1.54, 1.807) is 25.1 Å². The summed E-state index contributed by atoms with van der Waals surface area (Å²) in [5, 5.41) is 2.97. The lowest BCUT2D eigenvalue weighted by Gasteiger charge is -2.17. The standard InChI is InChI=1S/C20H21N3O3/c1-4-23-17-10-9-14(11-16(17)22-19(25)20(23)26)18(24)21-13(3)15-8-6-5-7-12(15)2/h5-11,13H,4H2,1-3H3,(H,21,24)(H,22,25). The zero-order valence-electron chi connectivity index (χ0n) is 15.0. The topological polar surface area (TPSA) is 84.0 Å². The fourth-order valence-corrected chi connectivity index (χ4v) is 3.16. The predicted octanol–water partition coefficient (Wildman–Crippen LogP) is 2.51. The maximum absolute atomic E-state index is 12.6. The summed E-state index contributed by atoms with van der Waals surface area (Å²) >= 11 is 0. The molecule has 1 aromatic heterocycles. The molecule has 2 N–H and O–H groups in total. The Morgan fingerprint density at radius 1 is 1.19 bits per heavy atom. The van der Waals surface area contributed by atoms with Crippen molar-refractivity contribution in [3.05, 3.63) is 79.9 Å². The second-order valence-corrected chi connectivity index (χ2v) is 6.29. The van der Waals surface area contributed by atoms with Crippen LogP contribution in [0.5, 0.6) is 0 Å². The highest BCUT2D eigenvalue weighted by atomic mass is 16.2. The molecule has 2 aromatic carbocycles. The molecule has 0 saturated carbocycles. The van der Waals surface area contributed by atoms with Crippen LogP contribution in [0.1, 0.15) is 41.4 Å². The second kappa shape index (κ2) is 7.00. The number of aromatic nitrogens is 2. The van der Waals surface area contributed by atoms with Crippen LogP contribution in [-0.2, 0) is 6.54 Å². The van der Waals surface area contributed by atoms with E-state index < -0.39 is 11.1 Å². The van der Waals surface area contributed by atoms with Crippen molar-refractivity contribution in [3.63, 3.8) is 0 Å². The molecule has 26 heavy (non-hydrogen) atoms. The van der Waals surface area contributed by atoms with Gasteiger partial charge in [0.15, 0.2) is 0 Å². The summed E-state index contributed by atoms with van der Waals surface area (Å²) in [5.41, 5.74) is 2.36. The molecule has 0 aliphatic heterocycles. The molecule has 1 unspecified atom stereocenters. The van der Waals surface area contributed by atoms with Crippen LogP contribution in [-0.4, -0.2) is 15.5 Å². The summed E-state index contributed by atoms with van der Waals surface area (Å²) in [5.74, 6) is -0.238. The summed E-state index contributed by atoms with van der Waals surface area (Å²) in [6.07, 6.45) is 0. The molecule has 0 radical (unpaired) electrons. The van der Waals surface area contributed by atoms with Crippen LogP contribution >= 0.6 is 0 Å². The Labute approximate surface area is 150 Å². The van der Waals surface area contributed by atoms with Gasteiger partial charge in [-0.25, -0.2) is 0 Å². The van der Waals surface area contributed by atoms with E-state index in [1.807, 2.05) is 38.1 Å². The van der Waals surface area contributed by atoms with E-state index >= 15 is 0 Å². The zero-order valence-corrected chi connectivity index (χ0v) is 15.0. The molecule has 1 amide bonds. The van der Waals surface area contributed by atoms with E-state index in [1.165, 1.54) is 4.57 Å². The van der Waals surface area contributed by atoms with Crippen LogP contribution in [0.25, 0.3) is 11.0 Å². The van der Waals surface area contributed by atoms with E-state index in [9.17, 15) is 14.4 Å². The summed E-state index contributed by atoms with van der Waals surface area (Å²) in [6.45, 7) is 6.11. The third kappa shape index (κ3) is 3.18. The minimum atomic E-state index is -0.690. The van der Waals surface area contributed by atoms with Crippen LogP contribution in [0.2, 0.25) is 0 Å². The number of H-pyrrole nitrogens is 1. The van der Waals surface area contributed by atoms with Gasteiger partial charge in [0.25, 0.3) is 5.91 Å². The van der Waals surface area contributed by atoms with Crippen molar-refractivity contribution in [1.29, 1.82) is 0 Å². The number of hydrogen-bond acceptors (Lipinski definition) is 3. The number of carbonyl (C=O) groups excluding carboxylic acids is 1. The normalized spacial score (nSPS) is 12.1. The van der Waals surface area contributed by atoms with Gasteiger partial charge in [-0.05, 0) is 50.1 Å². The van der Waals surface area contributed by atoms with E-state index in [0.717, 1.165) is 11.1 Å². The quantitative estimate of drug-likeness (QED) is 0.709. The highest BCUT2D eigenvalue weighted by Gasteiger charge is 2.14. The molecule has 0 aliphatic carbocycles. The van der Waals surface area contributed by atoms with Crippen LogP contribution in [0.15, 0.2) is 52.1 Å². The molecule has 3 aromatic rings. The largest absolute Gasteiger partial charge is 0.346 e. The van der Waals surface area contributed by atoms with Gasteiger partial charge in [-0.3, -0.25) is 14.4 Å². The number of aryl methyl sites for hydroxylation is 2. The fourth-order valence-electron chi connectivity index (χ4n) is 3.16. The Kier molecular flexibility index (Phi) is 4.75. The number of nitrogens with one attached hydrogen (secondary N) is 2. The molecule has 0 saturated heterocycles. The Morgan fingerprint density at radius 2 is 1.92 bits per heavy atom. The van der Waals surface area contributed by atoms with Crippen LogP contribution in [0.4, 0.5) is 0 Å². The predicted molar refractivity (Wildman–Crippen MR) is 102 cm³/mol. The first-order valence-electron chi connectivity index (χ1n) is 8.55. The van der Waals surface area contributed by atoms with Crippen molar-refractivity contribution in [2.45, 2.75) is 33.4 Å². The van der Waals surface area contributed by atoms with Crippen molar-refractivity contribution in [3.8, 4) is 0 Å². The molecular formula is C20H21N3O3. The Bertz CT molecular complexity index is 1100. The Balaban J connectivity index is 1.94. The lowest BCUT2D eigenvalue weighted by atomic mass is 10.0. The van der Waals surface area contributed by atoms with Gasteiger partial charge < -0.3 is 14.9 Å². The second-order valence-electron chi connectivity index (χ2n) is 6.29. The average Bonchev–Trinajstić information content (AvgIpc) is 2.62. The Morgan fingerprint density at radius 3 is 2.62 bits per heavy atom. The number of rotatable bonds is 4. The van der Waals surface area contributed by atoms with E-state index in [0.29, 0.717) is 23.1 Å². The van der Waals surface area contributed by atoms with Crippen molar-refractivity contribution < 1.29 is 4.79 Å². The van der Waals surface area contributed by atoms with E-state index in [4.69, 9.17) is 0 Å². The van der Waals surface area contributed by atoms with Crippen LogP contribution in [0, 0.1) is 6.92 Å². The van der Waals surface area contributed by atoms with Gasteiger partial charge >= 0.3 is 11.1 Å². The lowest BCUT2D eigenvalue weighted by Crippen LogP contribution is -2.36.